The second-order valence-electron chi connectivity index (χ2n) is 8.35. The van der Waals surface area contributed by atoms with Crippen LogP contribution >= 0.6 is 0 Å². The van der Waals surface area contributed by atoms with Crippen LogP contribution in [0.15, 0.2) is 24.3 Å². The number of carbonyl (C=O) groups is 1. The van der Waals surface area contributed by atoms with Gasteiger partial charge < -0.3 is 4.74 Å². The lowest BCUT2D eigenvalue weighted by molar-refractivity contribution is -0.123. The monoisotopic (exact) mass is 372 g/mol. The molecule has 152 valence electrons. The van der Waals surface area contributed by atoms with Crippen LogP contribution in [0.2, 0.25) is 0 Å². The van der Waals surface area contributed by atoms with E-state index in [0.29, 0.717) is 11.7 Å². The predicted molar refractivity (Wildman–Crippen MR) is 115 cm³/mol. The number of ether oxygens (including phenoxy) is 1. The van der Waals surface area contributed by atoms with Gasteiger partial charge in [-0.3, -0.25) is 4.79 Å². The van der Waals surface area contributed by atoms with Crippen LogP contribution in [0.1, 0.15) is 109 Å². The van der Waals surface area contributed by atoms with Gasteiger partial charge in [-0.1, -0.05) is 83.8 Å². The number of ketones is 1. The van der Waals surface area contributed by atoms with Gasteiger partial charge >= 0.3 is 0 Å². The summed E-state index contributed by atoms with van der Waals surface area (Å²) in [6.07, 6.45) is 15.8. The molecular weight excluding hydrogens is 332 g/mol. The molecule has 0 N–H and O–H groups in total. The van der Waals surface area contributed by atoms with Gasteiger partial charge in [0.25, 0.3) is 0 Å². The van der Waals surface area contributed by atoms with Crippen molar-refractivity contribution in [2.45, 2.75) is 103 Å². The molecule has 2 heteroatoms. The summed E-state index contributed by atoms with van der Waals surface area (Å²) in [5.41, 5.74) is 1.18. The fourth-order valence-corrected chi connectivity index (χ4v) is 4.24. The summed E-state index contributed by atoms with van der Waals surface area (Å²) in [6.45, 7) is 5.29. The molecule has 0 aliphatic heterocycles. The van der Waals surface area contributed by atoms with E-state index in [-0.39, 0.29) is 5.92 Å². The van der Waals surface area contributed by atoms with Crippen molar-refractivity contribution in [2.75, 3.05) is 6.61 Å². The van der Waals surface area contributed by atoms with Crippen molar-refractivity contribution in [3.63, 3.8) is 0 Å². The molecule has 1 aromatic rings. The van der Waals surface area contributed by atoms with Crippen molar-refractivity contribution < 1.29 is 9.53 Å². The minimum absolute atomic E-state index is 0.111. The highest BCUT2D eigenvalue weighted by Gasteiger charge is 2.29. The van der Waals surface area contributed by atoms with Gasteiger partial charge in [-0.15, -0.1) is 0 Å². The lowest BCUT2D eigenvalue weighted by Gasteiger charge is -2.27. The van der Waals surface area contributed by atoms with Crippen LogP contribution in [0.5, 0.6) is 5.75 Å². The molecule has 0 heterocycles. The molecule has 2 rings (SSSR count). The topological polar surface area (TPSA) is 26.3 Å². The van der Waals surface area contributed by atoms with E-state index in [0.717, 1.165) is 31.6 Å². The first-order chi connectivity index (χ1) is 13.2. The number of benzene rings is 1. The summed E-state index contributed by atoms with van der Waals surface area (Å²) in [6, 6.07) is 8.31. The first-order valence-corrected chi connectivity index (χ1v) is 11.5. The van der Waals surface area contributed by atoms with Gasteiger partial charge in [0, 0.05) is 12.3 Å². The summed E-state index contributed by atoms with van der Waals surface area (Å²) in [7, 11) is 0. The number of rotatable bonds is 13. The Morgan fingerprint density at radius 2 is 1.52 bits per heavy atom. The Morgan fingerprint density at radius 1 is 0.852 bits per heavy atom. The largest absolute Gasteiger partial charge is 0.494 e. The highest BCUT2D eigenvalue weighted by atomic mass is 16.5. The quantitative estimate of drug-likeness (QED) is 0.336. The third-order valence-electron chi connectivity index (χ3n) is 6.01. The van der Waals surface area contributed by atoms with Crippen LogP contribution < -0.4 is 4.74 Å². The molecule has 0 unspecified atom stereocenters. The average molecular weight is 373 g/mol. The number of hydrogen-bond donors (Lipinski definition) is 0. The molecular formula is C25H40O2. The van der Waals surface area contributed by atoms with Gasteiger partial charge in [0.2, 0.25) is 0 Å². The van der Waals surface area contributed by atoms with E-state index in [1.807, 2.05) is 12.1 Å². The van der Waals surface area contributed by atoms with Crippen molar-refractivity contribution in [1.82, 2.24) is 0 Å². The summed E-state index contributed by atoms with van der Waals surface area (Å²) in [5.74, 6) is 2.12. The molecule has 0 spiro atoms. The van der Waals surface area contributed by atoms with E-state index in [9.17, 15) is 4.79 Å². The molecule has 1 aliphatic carbocycles. The van der Waals surface area contributed by atoms with E-state index in [4.69, 9.17) is 4.74 Å². The Morgan fingerprint density at radius 3 is 2.22 bits per heavy atom. The molecule has 0 saturated heterocycles. The van der Waals surface area contributed by atoms with Crippen molar-refractivity contribution in [2.24, 2.45) is 5.92 Å². The van der Waals surface area contributed by atoms with Gasteiger partial charge in [-0.25, -0.2) is 0 Å². The van der Waals surface area contributed by atoms with Crippen molar-refractivity contribution in [1.29, 1.82) is 0 Å². The third kappa shape index (κ3) is 8.07. The number of hydrogen-bond acceptors (Lipinski definition) is 2. The maximum absolute atomic E-state index is 12.6. The second-order valence-corrected chi connectivity index (χ2v) is 8.35. The van der Waals surface area contributed by atoms with Crippen LogP contribution in [0.4, 0.5) is 0 Å². The summed E-state index contributed by atoms with van der Waals surface area (Å²) >= 11 is 0. The van der Waals surface area contributed by atoms with E-state index in [1.54, 1.807) is 0 Å². The van der Waals surface area contributed by atoms with Crippen molar-refractivity contribution >= 4 is 5.78 Å². The van der Waals surface area contributed by atoms with E-state index in [2.05, 4.69) is 26.0 Å². The summed E-state index contributed by atoms with van der Waals surface area (Å²) in [4.78, 5) is 12.6. The van der Waals surface area contributed by atoms with E-state index in [1.165, 1.54) is 69.8 Å². The molecule has 0 radical (unpaired) electrons. The van der Waals surface area contributed by atoms with Gasteiger partial charge in [-0.2, -0.15) is 0 Å². The fraction of sp³-hybridized carbons (Fsp3) is 0.720. The molecule has 1 fully saturated rings. The van der Waals surface area contributed by atoms with Crippen LogP contribution in [0.25, 0.3) is 0 Å². The predicted octanol–water partition coefficient (Wildman–Crippen LogP) is 7.46. The zero-order valence-corrected chi connectivity index (χ0v) is 17.7. The molecule has 1 aromatic carbocycles. The Balaban J connectivity index is 1.69. The Kier molecular flexibility index (Phi) is 10.6. The molecule has 2 atom stereocenters. The fourth-order valence-electron chi connectivity index (χ4n) is 4.24. The summed E-state index contributed by atoms with van der Waals surface area (Å²) < 4.78 is 5.87. The highest BCUT2D eigenvalue weighted by molar-refractivity contribution is 5.86. The van der Waals surface area contributed by atoms with Gasteiger partial charge in [0.1, 0.15) is 11.5 Å². The molecule has 0 bridgehead atoms. The maximum Gasteiger partial charge on any atom is 0.140 e. The van der Waals surface area contributed by atoms with Crippen LogP contribution in [0.3, 0.4) is 0 Å². The molecule has 1 aliphatic rings. The van der Waals surface area contributed by atoms with Crippen molar-refractivity contribution in [3.05, 3.63) is 29.8 Å². The molecule has 27 heavy (non-hydrogen) atoms. The normalized spacial score (nSPS) is 20.0. The van der Waals surface area contributed by atoms with Gasteiger partial charge in [-0.05, 0) is 42.9 Å². The zero-order chi connectivity index (χ0) is 19.3. The first kappa shape index (κ1) is 22.0. The van der Waals surface area contributed by atoms with E-state index >= 15 is 0 Å². The molecule has 0 amide bonds. The van der Waals surface area contributed by atoms with Crippen LogP contribution in [0, 0.1) is 5.92 Å². The van der Waals surface area contributed by atoms with Gasteiger partial charge in [0.15, 0.2) is 0 Å². The van der Waals surface area contributed by atoms with E-state index < -0.39 is 0 Å². The van der Waals surface area contributed by atoms with Crippen LogP contribution in [-0.4, -0.2) is 12.4 Å². The Bertz CT molecular complexity index is 520. The molecule has 2 nitrogen and oxygen atoms in total. The number of Topliss-reactive ketones (excluding diaryl/α,β-unsaturated/α-hetero) is 1. The third-order valence-corrected chi connectivity index (χ3v) is 6.01. The standard InChI is InChI=1S/C25H40O2/c1-3-5-7-8-9-11-19-27-23-16-14-22(15-17-23)24-18-13-21(20-25(24)26)12-10-6-4-2/h14-17,21,24H,3-13,18-20H2,1-2H3/t21-,24+/m0/s1. The van der Waals surface area contributed by atoms with Gasteiger partial charge in [0.05, 0.1) is 6.61 Å². The minimum atomic E-state index is 0.111. The molecule has 0 aromatic heterocycles. The van der Waals surface area contributed by atoms with Crippen molar-refractivity contribution in [3.8, 4) is 5.75 Å². The lowest BCUT2D eigenvalue weighted by Crippen LogP contribution is -2.23. The second kappa shape index (κ2) is 13.0. The average Bonchev–Trinajstić information content (AvgIpc) is 2.68. The smallest absolute Gasteiger partial charge is 0.140 e. The lowest BCUT2D eigenvalue weighted by atomic mass is 9.76. The Hall–Kier alpha value is -1.31. The first-order valence-electron chi connectivity index (χ1n) is 11.5. The number of carbonyl (C=O) groups excluding carboxylic acids is 1. The van der Waals surface area contributed by atoms with Crippen LogP contribution in [-0.2, 0) is 4.79 Å². The zero-order valence-electron chi connectivity index (χ0n) is 17.7. The summed E-state index contributed by atoms with van der Waals surface area (Å²) in [5, 5.41) is 0. The number of unbranched alkanes of at least 4 members (excludes halogenated alkanes) is 7. The Labute approximate surface area is 167 Å². The minimum Gasteiger partial charge on any atom is -0.494 e. The highest BCUT2D eigenvalue weighted by Crippen LogP contribution is 2.35. The maximum atomic E-state index is 12.6. The molecule has 1 saturated carbocycles. The SMILES string of the molecule is CCCCCCCCOc1ccc([C@H]2CC[C@H](CCCCC)CC2=O)cc1.